The second kappa shape index (κ2) is 8.49. The van der Waals surface area contributed by atoms with Gasteiger partial charge in [0.15, 0.2) is 5.16 Å². The van der Waals surface area contributed by atoms with Gasteiger partial charge in [-0.2, -0.15) is 0 Å². The zero-order valence-electron chi connectivity index (χ0n) is 15.8. The van der Waals surface area contributed by atoms with Crippen molar-refractivity contribution in [1.29, 1.82) is 0 Å². The van der Waals surface area contributed by atoms with E-state index in [-0.39, 0.29) is 17.3 Å². The highest BCUT2D eigenvalue weighted by atomic mass is 32.2. The SMILES string of the molecule is COC(=O)CSc1nc2sc3c(c2c(=O)n1CCc1ccccc1)CCCC3. The molecule has 5 nitrogen and oxygen atoms in total. The maximum atomic E-state index is 13.4. The Morgan fingerprint density at radius 3 is 2.82 bits per heavy atom. The predicted octanol–water partition coefficient (Wildman–Crippen LogP) is 3.84. The fourth-order valence-electron chi connectivity index (χ4n) is 3.60. The molecule has 3 aromatic rings. The van der Waals surface area contributed by atoms with Crippen LogP contribution in [0.4, 0.5) is 0 Å². The molecule has 2 aromatic heterocycles. The summed E-state index contributed by atoms with van der Waals surface area (Å²) in [4.78, 5) is 31.9. The van der Waals surface area contributed by atoms with Gasteiger partial charge >= 0.3 is 5.97 Å². The number of thioether (sulfide) groups is 1. The minimum Gasteiger partial charge on any atom is -0.468 e. The Labute approximate surface area is 171 Å². The molecule has 7 heteroatoms. The highest BCUT2D eigenvalue weighted by Gasteiger charge is 2.22. The number of rotatable bonds is 6. The number of hydrogen-bond donors (Lipinski definition) is 0. The lowest BCUT2D eigenvalue weighted by atomic mass is 9.97. The third-order valence-electron chi connectivity index (χ3n) is 5.05. The molecule has 0 saturated heterocycles. The molecule has 0 atom stereocenters. The molecular weight excluding hydrogens is 392 g/mol. The van der Waals surface area contributed by atoms with Crippen LogP contribution in [0.3, 0.4) is 0 Å². The van der Waals surface area contributed by atoms with Crippen LogP contribution in [-0.2, 0) is 35.3 Å². The summed E-state index contributed by atoms with van der Waals surface area (Å²) >= 11 is 2.91. The van der Waals surface area contributed by atoms with Gasteiger partial charge in [0, 0.05) is 11.4 Å². The summed E-state index contributed by atoms with van der Waals surface area (Å²) in [6.07, 6.45) is 5.03. The fraction of sp³-hybridized carbons (Fsp3) is 0.381. The fourth-order valence-corrected chi connectivity index (χ4v) is 5.76. The molecule has 0 radical (unpaired) electrons. The zero-order chi connectivity index (χ0) is 19.5. The van der Waals surface area contributed by atoms with E-state index in [1.807, 2.05) is 18.2 Å². The average Bonchev–Trinajstić information content (AvgIpc) is 3.10. The van der Waals surface area contributed by atoms with Crippen molar-refractivity contribution in [3.8, 4) is 0 Å². The molecule has 0 bridgehead atoms. The van der Waals surface area contributed by atoms with Crippen LogP contribution in [0.1, 0.15) is 28.8 Å². The van der Waals surface area contributed by atoms with Gasteiger partial charge in [-0.15, -0.1) is 11.3 Å². The summed E-state index contributed by atoms with van der Waals surface area (Å²) in [6.45, 7) is 0.542. The number of thiophene rings is 1. The van der Waals surface area contributed by atoms with Crippen LogP contribution < -0.4 is 5.56 Å². The van der Waals surface area contributed by atoms with Gasteiger partial charge in [0.25, 0.3) is 5.56 Å². The summed E-state index contributed by atoms with van der Waals surface area (Å²) in [5.41, 5.74) is 2.39. The molecule has 146 valence electrons. The van der Waals surface area contributed by atoms with Gasteiger partial charge in [-0.05, 0) is 43.2 Å². The number of hydrogen-bond acceptors (Lipinski definition) is 6. The van der Waals surface area contributed by atoms with Gasteiger partial charge in [0.05, 0.1) is 18.2 Å². The lowest BCUT2D eigenvalue weighted by Crippen LogP contribution is -2.25. The van der Waals surface area contributed by atoms with Gasteiger partial charge in [0.1, 0.15) is 4.83 Å². The summed E-state index contributed by atoms with van der Waals surface area (Å²) in [5, 5.41) is 1.38. The first-order valence-electron chi connectivity index (χ1n) is 9.46. The summed E-state index contributed by atoms with van der Waals surface area (Å²) in [7, 11) is 1.37. The molecule has 28 heavy (non-hydrogen) atoms. The number of nitrogens with zero attached hydrogens (tertiary/aromatic N) is 2. The van der Waals surface area contributed by atoms with Crippen LogP contribution in [-0.4, -0.2) is 28.4 Å². The van der Waals surface area contributed by atoms with Crippen molar-refractivity contribution in [3.05, 3.63) is 56.7 Å². The molecule has 1 aliphatic rings. The quantitative estimate of drug-likeness (QED) is 0.348. The van der Waals surface area contributed by atoms with E-state index >= 15 is 0 Å². The summed E-state index contributed by atoms with van der Waals surface area (Å²) < 4.78 is 6.49. The number of carbonyl (C=O) groups is 1. The normalized spacial score (nSPS) is 13.5. The Balaban J connectivity index is 1.75. The van der Waals surface area contributed by atoms with Crippen molar-refractivity contribution in [2.75, 3.05) is 12.9 Å². The van der Waals surface area contributed by atoms with Crippen LogP contribution in [0.25, 0.3) is 10.2 Å². The van der Waals surface area contributed by atoms with Crippen molar-refractivity contribution >= 4 is 39.3 Å². The highest BCUT2D eigenvalue weighted by Crippen LogP contribution is 2.34. The maximum Gasteiger partial charge on any atom is 0.316 e. The Morgan fingerprint density at radius 2 is 2.04 bits per heavy atom. The van der Waals surface area contributed by atoms with Crippen LogP contribution in [0.15, 0.2) is 40.3 Å². The molecule has 0 saturated carbocycles. The Bertz CT molecular complexity index is 1060. The number of methoxy groups -OCH3 is 1. The van der Waals surface area contributed by atoms with Gasteiger partial charge < -0.3 is 4.74 Å². The third-order valence-corrected chi connectivity index (χ3v) is 7.19. The van der Waals surface area contributed by atoms with E-state index in [2.05, 4.69) is 12.1 Å². The number of aromatic nitrogens is 2. The largest absolute Gasteiger partial charge is 0.468 e. The van der Waals surface area contributed by atoms with Gasteiger partial charge in [-0.1, -0.05) is 42.1 Å². The number of esters is 1. The second-order valence-corrected chi connectivity index (χ2v) is 8.87. The molecule has 0 fully saturated rings. The third kappa shape index (κ3) is 3.86. The molecule has 4 rings (SSSR count). The average molecular weight is 415 g/mol. The molecule has 0 spiro atoms. The molecule has 1 aromatic carbocycles. The first kappa shape index (κ1) is 19.2. The van der Waals surface area contributed by atoms with E-state index < -0.39 is 0 Å². The van der Waals surface area contributed by atoms with E-state index in [4.69, 9.17) is 9.72 Å². The first-order chi connectivity index (χ1) is 13.7. The van der Waals surface area contributed by atoms with Crippen molar-refractivity contribution in [2.45, 2.75) is 43.8 Å². The van der Waals surface area contributed by atoms with Crippen LogP contribution in [0, 0.1) is 0 Å². The standard InChI is InChI=1S/C21H22N2O3S2/c1-26-17(24)13-27-21-22-19-18(15-9-5-6-10-16(15)28-19)20(25)23(21)12-11-14-7-3-2-4-8-14/h2-4,7-8H,5-6,9-13H2,1H3. The topological polar surface area (TPSA) is 61.2 Å². The number of carbonyl (C=O) groups excluding carboxylic acids is 1. The number of ether oxygens (including phenoxy) is 1. The second-order valence-electron chi connectivity index (χ2n) is 6.84. The molecule has 0 unspecified atom stereocenters. The Hall–Kier alpha value is -2.12. The zero-order valence-corrected chi connectivity index (χ0v) is 17.4. The van der Waals surface area contributed by atoms with Gasteiger partial charge in [0.2, 0.25) is 0 Å². The smallest absolute Gasteiger partial charge is 0.316 e. The number of benzene rings is 1. The lowest BCUT2D eigenvalue weighted by molar-refractivity contribution is -0.137. The number of fused-ring (bicyclic) bond motifs is 3. The molecular formula is C21H22N2O3S2. The monoisotopic (exact) mass is 414 g/mol. The molecule has 1 aliphatic carbocycles. The van der Waals surface area contributed by atoms with E-state index in [0.29, 0.717) is 11.7 Å². The van der Waals surface area contributed by atoms with Crippen molar-refractivity contribution in [2.24, 2.45) is 0 Å². The summed E-state index contributed by atoms with van der Waals surface area (Å²) in [6, 6.07) is 10.1. The van der Waals surface area contributed by atoms with Crippen LogP contribution >= 0.6 is 23.1 Å². The van der Waals surface area contributed by atoms with Crippen molar-refractivity contribution in [1.82, 2.24) is 9.55 Å². The predicted molar refractivity (Wildman–Crippen MR) is 113 cm³/mol. The number of aryl methyl sites for hydroxylation is 3. The van der Waals surface area contributed by atoms with Crippen LogP contribution in [0.5, 0.6) is 0 Å². The van der Waals surface area contributed by atoms with Crippen LogP contribution in [0.2, 0.25) is 0 Å². The van der Waals surface area contributed by atoms with Gasteiger partial charge in [-0.3, -0.25) is 14.2 Å². The molecule has 0 amide bonds. The van der Waals surface area contributed by atoms with E-state index in [1.54, 1.807) is 15.9 Å². The molecule has 0 N–H and O–H groups in total. The molecule has 0 aliphatic heterocycles. The van der Waals surface area contributed by atoms with E-state index in [1.165, 1.54) is 41.3 Å². The Morgan fingerprint density at radius 1 is 1.25 bits per heavy atom. The first-order valence-corrected chi connectivity index (χ1v) is 11.3. The minimum atomic E-state index is -0.320. The van der Waals surface area contributed by atoms with E-state index in [0.717, 1.165) is 35.9 Å². The van der Waals surface area contributed by atoms with E-state index in [9.17, 15) is 9.59 Å². The summed E-state index contributed by atoms with van der Waals surface area (Å²) in [5.74, 6) is -0.176. The highest BCUT2D eigenvalue weighted by molar-refractivity contribution is 7.99. The Kier molecular flexibility index (Phi) is 5.82. The lowest BCUT2D eigenvalue weighted by Gasteiger charge is -2.13. The molecule has 2 heterocycles. The van der Waals surface area contributed by atoms with Crippen molar-refractivity contribution in [3.63, 3.8) is 0 Å². The van der Waals surface area contributed by atoms with Gasteiger partial charge in [-0.25, -0.2) is 4.98 Å². The minimum absolute atomic E-state index is 0.0210. The maximum absolute atomic E-state index is 13.4. The van der Waals surface area contributed by atoms with Crippen molar-refractivity contribution < 1.29 is 9.53 Å².